The second-order valence-corrected chi connectivity index (χ2v) is 4.38. The van der Waals surface area contributed by atoms with Gasteiger partial charge in [0.15, 0.2) is 5.82 Å². The number of rotatable bonds is 2. The van der Waals surface area contributed by atoms with Gasteiger partial charge in [-0.25, -0.2) is 0 Å². The van der Waals surface area contributed by atoms with Gasteiger partial charge in [0, 0.05) is 23.1 Å². The zero-order valence-electron chi connectivity index (χ0n) is 10.9. The number of para-hydroxylation sites is 1. The topological polar surface area (TPSA) is 43.6 Å². The summed E-state index contributed by atoms with van der Waals surface area (Å²) < 4.78 is 2.05. The Morgan fingerprint density at radius 1 is 0.895 bits per heavy atom. The van der Waals surface area contributed by atoms with Crippen LogP contribution in [0.5, 0.6) is 0 Å². The molecule has 0 aliphatic carbocycles. The Morgan fingerprint density at radius 3 is 2.42 bits per heavy atom. The summed E-state index contributed by atoms with van der Waals surface area (Å²) in [5.41, 5.74) is 3.02. The average Bonchev–Trinajstić information content (AvgIpc) is 2.82. The molecule has 0 bridgehead atoms. The molecular formula is C15H14N4. The van der Waals surface area contributed by atoms with Crippen molar-refractivity contribution < 1.29 is 0 Å². The number of hydrogen-bond acceptors (Lipinski definition) is 3. The minimum atomic E-state index is 0.828. The van der Waals surface area contributed by atoms with Crippen LogP contribution >= 0.6 is 0 Å². The standard InChI is InChI=1S/C15H14N4/c1-11-14(9-6-10-16-11)15-18-17-12(2)19(15)13-7-4-3-5-8-13/h3-10H,1-2H3. The molecule has 0 saturated heterocycles. The third-order valence-electron chi connectivity index (χ3n) is 3.09. The van der Waals surface area contributed by atoms with E-state index in [0.29, 0.717) is 0 Å². The van der Waals surface area contributed by atoms with Crippen LogP contribution in [0.2, 0.25) is 0 Å². The highest BCUT2D eigenvalue weighted by molar-refractivity contribution is 5.60. The fourth-order valence-corrected chi connectivity index (χ4v) is 2.14. The van der Waals surface area contributed by atoms with Crippen LogP contribution in [-0.2, 0) is 0 Å². The molecule has 0 atom stereocenters. The van der Waals surface area contributed by atoms with Crippen LogP contribution in [0.15, 0.2) is 48.7 Å². The smallest absolute Gasteiger partial charge is 0.170 e. The Bertz CT molecular complexity index is 701. The molecule has 19 heavy (non-hydrogen) atoms. The maximum atomic E-state index is 4.32. The summed E-state index contributed by atoms with van der Waals surface area (Å²) in [6.45, 7) is 3.93. The Kier molecular flexibility index (Phi) is 2.83. The Morgan fingerprint density at radius 2 is 1.68 bits per heavy atom. The summed E-state index contributed by atoms with van der Waals surface area (Å²) in [6, 6.07) is 14.0. The third-order valence-corrected chi connectivity index (χ3v) is 3.09. The summed E-state index contributed by atoms with van der Waals surface area (Å²) in [4.78, 5) is 4.32. The Labute approximate surface area is 111 Å². The Hall–Kier alpha value is -2.49. The molecule has 94 valence electrons. The molecule has 3 aromatic rings. The molecule has 0 aliphatic heterocycles. The number of aryl methyl sites for hydroxylation is 2. The number of nitrogens with zero attached hydrogens (tertiary/aromatic N) is 4. The van der Waals surface area contributed by atoms with Gasteiger partial charge in [-0.05, 0) is 38.1 Å². The molecule has 0 spiro atoms. The molecule has 0 radical (unpaired) electrons. The first-order valence-corrected chi connectivity index (χ1v) is 6.17. The number of pyridine rings is 1. The van der Waals surface area contributed by atoms with Crippen LogP contribution < -0.4 is 0 Å². The second-order valence-electron chi connectivity index (χ2n) is 4.38. The van der Waals surface area contributed by atoms with Gasteiger partial charge in [-0.2, -0.15) is 0 Å². The van der Waals surface area contributed by atoms with Gasteiger partial charge in [0.1, 0.15) is 5.82 Å². The fraction of sp³-hybridized carbons (Fsp3) is 0.133. The highest BCUT2D eigenvalue weighted by Gasteiger charge is 2.14. The maximum absolute atomic E-state index is 4.32. The van der Waals surface area contributed by atoms with Crippen molar-refractivity contribution in [2.75, 3.05) is 0 Å². The lowest BCUT2D eigenvalue weighted by Gasteiger charge is -2.09. The monoisotopic (exact) mass is 250 g/mol. The van der Waals surface area contributed by atoms with Gasteiger partial charge in [0.05, 0.1) is 0 Å². The van der Waals surface area contributed by atoms with E-state index in [9.17, 15) is 0 Å². The normalized spacial score (nSPS) is 10.6. The molecule has 0 saturated carbocycles. The zero-order valence-corrected chi connectivity index (χ0v) is 10.9. The third kappa shape index (κ3) is 2.01. The molecule has 2 heterocycles. The molecule has 1 aromatic carbocycles. The molecule has 0 amide bonds. The van der Waals surface area contributed by atoms with Gasteiger partial charge in [0.25, 0.3) is 0 Å². The number of aromatic nitrogens is 4. The van der Waals surface area contributed by atoms with Crippen molar-refractivity contribution in [3.63, 3.8) is 0 Å². The first-order chi connectivity index (χ1) is 9.27. The van der Waals surface area contributed by atoms with Crippen LogP contribution in [0.25, 0.3) is 17.1 Å². The highest BCUT2D eigenvalue weighted by Crippen LogP contribution is 2.23. The molecular weight excluding hydrogens is 236 g/mol. The average molecular weight is 250 g/mol. The van der Waals surface area contributed by atoms with E-state index in [1.807, 2.05) is 60.9 Å². The van der Waals surface area contributed by atoms with Crippen LogP contribution in [0.1, 0.15) is 11.5 Å². The van der Waals surface area contributed by atoms with E-state index in [1.54, 1.807) is 6.20 Å². The molecule has 2 aromatic heterocycles. The predicted octanol–water partition coefficient (Wildman–Crippen LogP) is 2.95. The van der Waals surface area contributed by atoms with Gasteiger partial charge in [0.2, 0.25) is 0 Å². The molecule has 0 N–H and O–H groups in total. The van der Waals surface area contributed by atoms with Crippen molar-refractivity contribution in [3.05, 3.63) is 60.2 Å². The van der Waals surface area contributed by atoms with Gasteiger partial charge in [-0.15, -0.1) is 10.2 Å². The van der Waals surface area contributed by atoms with Crippen LogP contribution in [0.4, 0.5) is 0 Å². The van der Waals surface area contributed by atoms with E-state index in [4.69, 9.17) is 0 Å². The van der Waals surface area contributed by atoms with Crippen molar-refractivity contribution >= 4 is 0 Å². The van der Waals surface area contributed by atoms with E-state index in [1.165, 1.54) is 0 Å². The number of benzene rings is 1. The first-order valence-electron chi connectivity index (χ1n) is 6.17. The highest BCUT2D eigenvalue weighted by atomic mass is 15.3. The molecule has 4 heteroatoms. The van der Waals surface area contributed by atoms with Crippen molar-refractivity contribution in [1.82, 2.24) is 19.7 Å². The second kappa shape index (κ2) is 4.65. The zero-order chi connectivity index (χ0) is 13.2. The molecule has 0 fully saturated rings. The predicted molar refractivity (Wildman–Crippen MR) is 74.1 cm³/mol. The van der Waals surface area contributed by atoms with Crippen LogP contribution in [0.3, 0.4) is 0 Å². The first kappa shape index (κ1) is 11.6. The molecule has 3 rings (SSSR count). The maximum Gasteiger partial charge on any atom is 0.170 e. The van der Waals surface area contributed by atoms with Gasteiger partial charge in [-0.1, -0.05) is 18.2 Å². The summed E-state index contributed by atoms with van der Waals surface area (Å²) in [7, 11) is 0. The van der Waals surface area contributed by atoms with Crippen molar-refractivity contribution in [2.24, 2.45) is 0 Å². The largest absolute Gasteiger partial charge is 0.279 e. The van der Waals surface area contributed by atoms with E-state index < -0.39 is 0 Å². The summed E-state index contributed by atoms with van der Waals surface area (Å²) in [5, 5.41) is 8.49. The molecule has 0 aliphatic rings. The van der Waals surface area contributed by atoms with E-state index in [0.717, 1.165) is 28.6 Å². The summed E-state index contributed by atoms with van der Waals surface area (Å²) >= 11 is 0. The van der Waals surface area contributed by atoms with E-state index in [2.05, 4.69) is 15.2 Å². The van der Waals surface area contributed by atoms with Crippen LogP contribution in [0, 0.1) is 13.8 Å². The van der Waals surface area contributed by atoms with Crippen molar-refractivity contribution in [1.29, 1.82) is 0 Å². The van der Waals surface area contributed by atoms with Gasteiger partial charge in [-0.3, -0.25) is 9.55 Å². The van der Waals surface area contributed by atoms with E-state index >= 15 is 0 Å². The Balaban J connectivity index is 2.23. The minimum absolute atomic E-state index is 0.828. The lowest BCUT2D eigenvalue weighted by Crippen LogP contribution is -2.01. The lowest BCUT2D eigenvalue weighted by atomic mass is 10.2. The molecule has 0 unspecified atom stereocenters. The van der Waals surface area contributed by atoms with Gasteiger partial charge >= 0.3 is 0 Å². The fourth-order valence-electron chi connectivity index (χ4n) is 2.14. The summed E-state index contributed by atoms with van der Waals surface area (Å²) in [6.07, 6.45) is 1.79. The van der Waals surface area contributed by atoms with Crippen LogP contribution in [-0.4, -0.2) is 19.7 Å². The van der Waals surface area contributed by atoms with E-state index in [-0.39, 0.29) is 0 Å². The quantitative estimate of drug-likeness (QED) is 0.702. The molecule has 4 nitrogen and oxygen atoms in total. The lowest BCUT2D eigenvalue weighted by molar-refractivity contribution is 0.971. The minimum Gasteiger partial charge on any atom is -0.279 e. The summed E-state index contributed by atoms with van der Waals surface area (Å²) in [5.74, 6) is 1.69. The van der Waals surface area contributed by atoms with Gasteiger partial charge < -0.3 is 0 Å². The SMILES string of the molecule is Cc1ncccc1-c1nnc(C)n1-c1ccccc1. The van der Waals surface area contributed by atoms with Crippen molar-refractivity contribution in [2.45, 2.75) is 13.8 Å². The number of hydrogen-bond donors (Lipinski definition) is 0. The van der Waals surface area contributed by atoms with Crippen molar-refractivity contribution in [3.8, 4) is 17.1 Å².